The fourth-order valence-corrected chi connectivity index (χ4v) is 0.773. The van der Waals surface area contributed by atoms with Gasteiger partial charge in [-0.3, -0.25) is 0 Å². The maximum absolute atomic E-state index is 8.38. The summed E-state index contributed by atoms with van der Waals surface area (Å²) in [5, 5.41) is 12.1. The van der Waals surface area contributed by atoms with Gasteiger partial charge in [-0.15, -0.1) is 0 Å². The molecule has 0 aliphatic carbocycles. The number of nitrogens with zero attached hydrogens (tertiary/aromatic N) is 1. The zero-order valence-corrected chi connectivity index (χ0v) is 10.0. The van der Waals surface area contributed by atoms with E-state index in [4.69, 9.17) is 14.6 Å². The first-order chi connectivity index (χ1) is 7.85. The predicted octanol–water partition coefficient (Wildman–Crippen LogP) is 1.62. The molecule has 1 aromatic rings. The average Bonchev–Trinajstić information content (AvgIpc) is 2.77. The van der Waals surface area contributed by atoms with E-state index in [0.29, 0.717) is 26.4 Å². The second kappa shape index (κ2) is 12.2. The molecule has 1 rings (SSSR count). The van der Waals surface area contributed by atoms with E-state index in [1.165, 1.54) is 12.7 Å². The molecule has 1 aromatic heterocycles. The van der Waals surface area contributed by atoms with Crippen molar-refractivity contribution in [1.29, 1.82) is 0 Å². The highest BCUT2D eigenvalue weighted by molar-refractivity contribution is 4.92. The molecule has 0 amide bonds. The third-order valence-electron chi connectivity index (χ3n) is 1.35. The van der Waals surface area contributed by atoms with Crippen molar-refractivity contribution in [3.8, 4) is 0 Å². The summed E-state index contributed by atoms with van der Waals surface area (Å²) in [6.07, 6.45) is 2.75. The number of aliphatic hydroxyl groups excluding tert-OH is 1. The van der Waals surface area contributed by atoms with E-state index in [-0.39, 0.29) is 6.61 Å². The van der Waals surface area contributed by atoms with Gasteiger partial charge in [-0.1, -0.05) is 25.4 Å². The molecule has 0 saturated heterocycles. The van der Waals surface area contributed by atoms with E-state index >= 15 is 0 Å². The van der Waals surface area contributed by atoms with Crippen LogP contribution in [0.15, 0.2) is 16.9 Å². The number of aliphatic hydroxyl groups is 1. The lowest BCUT2D eigenvalue weighted by molar-refractivity contribution is 0.0259. The standard InChI is InChI=1S/C8H13NO4.C3H8/c10-2-4-11-5-6-12-7-8-1-3-13-9-8;1-3-2/h1,3,10H,2,4-7H2;3H2,1-2H3. The van der Waals surface area contributed by atoms with Crippen molar-refractivity contribution in [3.63, 3.8) is 0 Å². The first kappa shape index (κ1) is 15.1. The van der Waals surface area contributed by atoms with Crippen LogP contribution in [-0.2, 0) is 16.1 Å². The van der Waals surface area contributed by atoms with Crippen molar-refractivity contribution >= 4 is 0 Å². The van der Waals surface area contributed by atoms with Gasteiger partial charge >= 0.3 is 0 Å². The number of ether oxygens (including phenoxy) is 2. The van der Waals surface area contributed by atoms with Gasteiger partial charge in [-0.05, 0) is 0 Å². The first-order valence-corrected chi connectivity index (χ1v) is 5.50. The number of rotatable bonds is 7. The number of hydrogen-bond donors (Lipinski definition) is 1. The average molecular weight is 231 g/mol. The Morgan fingerprint density at radius 3 is 2.50 bits per heavy atom. The number of aromatic nitrogens is 1. The van der Waals surface area contributed by atoms with Crippen LogP contribution in [0.4, 0.5) is 0 Å². The van der Waals surface area contributed by atoms with Crippen LogP contribution < -0.4 is 0 Å². The minimum Gasteiger partial charge on any atom is -0.394 e. The van der Waals surface area contributed by atoms with Gasteiger partial charge in [0.15, 0.2) is 0 Å². The highest BCUT2D eigenvalue weighted by Gasteiger charge is 1.95. The summed E-state index contributed by atoms with van der Waals surface area (Å²) in [6, 6.07) is 1.74. The van der Waals surface area contributed by atoms with Crippen LogP contribution in [0.3, 0.4) is 0 Å². The normalized spacial score (nSPS) is 9.69. The molecule has 5 nitrogen and oxygen atoms in total. The Morgan fingerprint density at radius 2 is 1.94 bits per heavy atom. The molecule has 0 unspecified atom stereocenters. The first-order valence-electron chi connectivity index (χ1n) is 5.50. The van der Waals surface area contributed by atoms with Gasteiger partial charge < -0.3 is 19.1 Å². The van der Waals surface area contributed by atoms with Crippen molar-refractivity contribution in [2.45, 2.75) is 26.9 Å². The molecule has 0 fully saturated rings. The predicted molar refractivity (Wildman–Crippen MR) is 60.0 cm³/mol. The van der Waals surface area contributed by atoms with Gasteiger partial charge in [0.25, 0.3) is 0 Å². The maximum Gasteiger partial charge on any atom is 0.124 e. The lowest BCUT2D eigenvalue weighted by Crippen LogP contribution is -2.07. The molecule has 1 heterocycles. The Labute approximate surface area is 96.3 Å². The van der Waals surface area contributed by atoms with Gasteiger partial charge in [0.05, 0.1) is 33.0 Å². The highest BCUT2D eigenvalue weighted by atomic mass is 16.5. The summed E-state index contributed by atoms with van der Waals surface area (Å²) in [4.78, 5) is 0. The Bertz CT molecular complexity index is 214. The minimum absolute atomic E-state index is 0.0449. The lowest BCUT2D eigenvalue weighted by atomic mass is 10.5. The van der Waals surface area contributed by atoms with Crippen LogP contribution >= 0.6 is 0 Å². The van der Waals surface area contributed by atoms with Gasteiger partial charge in [-0.2, -0.15) is 0 Å². The summed E-state index contributed by atoms with van der Waals surface area (Å²) in [5.74, 6) is 0. The van der Waals surface area contributed by atoms with E-state index in [0.717, 1.165) is 5.69 Å². The molecule has 5 heteroatoms. The molecule has 1 N–H and O–H groups in total. The third kappa shape index (κ3) is 9.64. The topological polar surface area (TPSA) is 64.7 Å². The van der Waals surface area contributed by atoms with Crippen LogP contribution in [0.5, 0.6) is 0 Å². The molecular weight excluding hydrogens is 210 g/mol. The van der Waals surface area contributed by atoms with Crippen LogP contribution in [0.1, 0.15) is 26.0 Å². The SMILES string of the molecule is CCC.OCCOCCOCc1ccon1. The molecule has 0 aliphatic heterocycles. The van der Waals surface area contributed by atoms with Crippen molar-refractivity contribution in [2.75, 3.05) is 26.4 Å². The molecule has 94 valence electrons. The second-order valence-electron chi connectivity index (χ2n) is 3.09. The summed E-state index contributed by atoms with van der Waals surface area (Å²) < 4.78 is 14.8. The fourth-order valence-electron chi connectivity index (χ4n) is 0.773. The molecule has 0 aliphatic rings. The fraction of sp³-hybridized carbons (Fsp3) is 0.727. The lowest BCUT2D eigenvalue weighted by Gasteiger charge is -2.02. The Kier molecular flexibility index (Phi) is 11.5. The van der Waals surface area contributed by atoms with Crippen LogP contribution in [0.25, 0.3) is 0 Å². The van der Waals surface area contributed by atoms with Gasteiger partial charge in [0.1, 0.15) is 12.0 Å². The molecular formula is C11H21NO4. The van der Waals surface area contributed by atoms with Crippen LogP contribution in [-0.4, -0.2) is 36.7 Å². The van der Waals surface area contributed by atoms with E-state index < -0.39 is 0 Å². The molecule has 16 heavy (non-hydrogen) atoms. The zero-order valence-electron chi connectivity index (χ0n) is 10.0. The van der Waals surface area contributed by atoms with E-state index in [1.54, 1.807) is 6.07 Å². The Morgan fingerprint density at radius 1 is 1.25 bits per heavy atom. The molecule has 0 radical (unpaired) electrons. The van der Waals surface area contributed by atoms with Crippen molar-refractivity contribution in [2.24, 2.45) is 0 Å². The maximum atomic E-state index is 8.38. The Hall–Kier alpha value is -0.910. The molecule has 0 atom stereocenters. The summed E-state index contributed by atoms with van der Waals surface area (Å²) >= 11 is 0. The largest absolute Gasteiger partial charge is 0.394 e. The summed E-state index contributed by atoms with van der Waals surface area (Å²) in [6.45, 7) is 6.06. The van der Waals surface area contributed by atoms with Gasteiger partial charge in [0, 0.05) is 6.07 Å². The molecule has 0 saturated carbocycles. The van der Waals surface area contributed by atoms with E-state index in [2.05, 4.69) is 23.5 Å². The van der Waals surface area contributed by atoms with E-state index in [1.807, 2.05) is 0 Å². The Balaban J connectivity index is 0.000000673. The van der Waals surface area contributed by atoms with E-state index in [9.17, 15) is 0 Å². The quantitative estimate of drug-likeness (QED) is 0.722. The monoisotopic (exact) mass is 231 g/mol. The van der Waals surface area contributed by atoms with Crippen molar-refractivity contribution in [1.82, 2.24) is 5.16 Å². The zero-order chi connectivity index (χ0) is 12.1. The van der Waals surface area contributed by atoms with Crippen LogP contribution in [0.2, 0.25) is 0 Å². The minimum atomic E-state index is 0.0449. The van der Waals surface area contributed by atoms with Gasteiger partial charge in [0.2, 0.25) is 0 Å². The summed E-state index contributed by atoms with van der Waals surface area (Å²) in [7, 11) is 0. The summed E-state index contributed by atoms with van der Waals surface area (Å²) in [5.41, 5.74) is 0.766. The second-order valence-corrected chi connectivity index (χ2v) is 3.09. The van der Waals surface area contributed by atoms with Gasteiger partial charge in [-0.25, -0.2) is 0 Å². The third-order valence-corrected chi connectivity index (χ3v) is 1.35. The molecule has 0 bridgehead atoms. The van der Waals surface area contributed by atoms with Crippen molar-refractivity contribution < 1.29 is 19.1 Å². The molecule has 0 spiro atoms. The smallest absolute Gasteiger partial charge is 0.124 e. The highest BCUT2D eigenvalue weighted by Crippen LogP contribution is 1.96. The molecule has 0 aromatic carbocycles. The van der Waals surface area contributed by atoms with Crippen LogP contribution in [0, 0.1) is 0 Å². The number of hydrogen-bond acceptors (Lipinski definition) is 5. The van der Waals surface area contributed by atoms with Crippen molar-refractivity contribution in [3.05, 3.63) is 18.0 Å².